The second-order valence-corrected chi connectivity index (χ2v) is 4.70. The van der Waals surface area contributed by atoms with Gasteiger partial charge in [-0.3, -0.25) is 0 Å². The Morgan fingerprint density at radius 3 is 2.53 bits per heavy atom. The van der Waals surface area contributed by atoms with E-state index < -0.39 is 24.3 Å². The van der Waals surface area contributed by atoms with Crippen LogP contribution in [0, 0.1) is 0 Å². The molecule has 0 radical (unpaired) electrons. The number of halogens is 2. The Morgan fingerprint density at radius 2 is 1.94 bits per heavy atom. The molecule has 1 aromatic rings. The zero-order valence-electron chi connectivity index (χ0n) is 8.98. The summed E-state index contributed by atoms with van der Waals surface area (Å²) >= 11 is 12.0. The Kier molecular flexibility index (Phi) is 3.47. The lowest BCUT2D eigenvalue weighted by atomic mass is 9.98. The Morgan fingerprint density at radius 1 is 1.35 bits per heavy atom. The van der Waals surface area contributed by atoms with Crippen LogP contribution < -0.4 is 5.32 Å². The van der Waals surface area contributed by atoms with Gasteiger partial charge in [-0.2, -0.15) is 0 Å². The lowest BCUT2D eigenvalue weighted by molar-refractivity contribution is -0.0406. The van der Waals surface area contributed by atoms with Gasteiger partial charge in [0.2, 0.25) is 0 Å². The van der Waals surface area contributed by atoms with Gasteiger partial charge in [0.1, 0.15) is 6.10 Å². The zero-order chi connectivity index (χ0) is 12.6. The highest BCUT2D eigenvalue weighted by Crippen LogP contribution is 2.36. The zero-order valence-corrected chi connectivity index (χ0v) is 10.5. The summed E-state index contributed by atoms with van der Waals surface area (Å²) in [6.45, 7) is 1.68. The van der Waals surface area contributed by atoms with E-state index in [4.69, 9.17) is 27.9 Å². The number of hydrogen-bond donors (Lipinski definition) is 2. The highest BCUT2D eigenvalue weighted by atomic mass is 35.5. The first-order valence-corrected chi connectivity index (χ1v) is 5.85. The molecule has 1 aliphatic rings. The Labute approximate surface area is 108 Å². The van der Waals surface area contributed by atoms with Crippen LogP contribution in [-0.4, -0.2) is 23.3 Å². The van der Waals surface area contributed by atoms with Crippen LogP contribution in [-0.2, 0) is 4.74 Å². The second kappa shape index (κ2) is 4.72. The first-order valence-electron chi connectivity index (χ1n) is 5.10. The van der Waals surface area contributed by atoms with Crippen molar-refractivity contribution in [2.75, 3.05) is 0 Å². The lowest BCUT2D eigenvalue weighted by Gasteiger charge is -2.34. The van der Waals surface area contributed by atoms with Crippen molar-refractivity contribution in [1.29, 1.82) is 0 Å². The van der Waals surface area contributed by atoms with Crippen molar-refractivity contribution in [3.8, 4) is 0 Å². The van der Waals surface area contributed by atoms with Crippen LogP contribution >= 0.6 is 23.2 Å². The van der Waals surface area contributed by atoms with E-state index in [1.54, 1.807) is 25.1 Å². The summed E-state index contributed by atoms with van der Waals surface area (Å²) in [6.07, 6.45) is -2.34. The quantitative estimate of drug-likeness (QED) is 0.828. The number of ether oxygens (including phenoxy) is 1. The number of hydrogen-bond acceptors (Lipinski definition) is 3. The Hall–Kier alpha value is -0.970. The minimum Gasteiger partial charge on any atom is -0.438 e. The summed E-state index contributed by atoms with van der Waals surface area (Å²) in [4.78, 5) is 11.3. The van der Waals surface area contributed by atoms with Crippen LogP contribution in [0.25, 0.3) is 0 Å². The molecule has 3 atom stereocenters. The SMILES string of the molecule is CC1NC(=O)OC(c2c(Cl)cccc2Cl)C1O. The number of amides is 1. The maximum Gasteiger partial charge on any atom is 0.408 e. The molecule has 1 fully saturated rings. The Bertz CT molecular complexity index is 432. The molecule has 1 aliphatic heterocycles. The van der Waals surface area contributed by atoms with Crippen LogP contribution in [0.4, 0.5) is 4.79 Å². The number of alkyl carbamates (subject to hydrolysis) is 1. The summed E-state index contributed by atoms with van der Waals surface area (Å²) in [5.74, 6) is 0. The summed E-state index contributed by atoms with van der Waals surface area (Å²) in [5.41, 5.74) is 0.435. The normalized spacial score (nSPS) is 28.5. The van der Waals surface area contributed by atoms with Crippen LogP contribution in [0.5, 0.6) is 0 Å². The Balaban J connectivity index is 2.41. The average molecular weight is 276 g/mol. The molecule has 1 saturated heterocycles. The molecule has 0 aromatic heterocycles. The molecule has 2 rings (SSSR count). The molecule has 6 heteroatoms. The van der Waals surface area contributed by atoms with E-state index in [0.717, 1.165) is 0 Å². The van der Waals surface area contributed by atoms with Crippen molar-refractivity contribution in [2.45, 2.75) is 25.2 Å². The van der Waals surface area contributed by atoms with E-state index in [0.29, 0.717) is 15.6 Å². The van der Waals surface area contributed by atoms with E-state index >= 15 is 0 Å². The highest BCUT2D eigenvalue weighted by Gasteiger charge is 2.37. The fourth-order valence-corrected chi connectivity index (χ4v) is 2.38. The van der Waals surface area contributed by atoms with E-state index in [1.165, 1.54) is 0 Å². The van der Waals surface area contributed by atoms with Crippen molar-refractivity contribution in [3.63, 3.8) is 0 Å². The van der Waals surface area contributed by atoms with Gasteiger partial charge in [0.05, 0.1) is 6.04 Å². The molecule has 17 heavy (non-hydrogen) atoms. The summed E-state index contributed by atoms with van der Waals surface area (Å²) in [7, 11) is 0. The molecule has 0 spiro atoms. The first-order chi connectivity index (χ1) is 8.00. The highest BCUT2D eigenvalue weighted by molar-refractivity contribution is 6.36. The molecule has 3 unspecified atom stereocenters. The largest absolute Gasteiger partial charge is 0.438 e. The second-order valence-electron chi connectivity index (χ2n) is 3.88. The molecule has 4 nitrogen and oxygen atoms in total. The van der Waals surface area contributed by atoms with Crippen LogP contribution in [0.1, 0.15) is 18.6 Å². The summed E-state index contributed by atoms with van der Waals surface area (Å²) in [5, 5.41) is 13.2. The fourth-order valence-electron chi connectivity index (χ4n) is 1.76. The van der Waals surface area contributed by atoms with E-state index in [9.17, 15) is 9.90 Å². The molecule has 0 saturated carbocycles. The number of cyclic esters (lactones) is 1. The number of benzene rings is 1. The standard InChI is InChI=1S/C11H11Cl2NO3/c1-5-9(15)10(17-11(16)14-5)8-6(12)3-2-4-7(8)13/h2-5,9-10,15H,1H3,(H,14,16). The molecule has 0 bridgehead atoms. The van der Waals surface area contributed by atoms with Gasteiger partial charge in [-0.25, -0.2) is 4.79 Å². The number of aliphatic hydroxyl groups is 1. The molecule has 1 amide bonds. The van der Waals surface area contributed by atoms with Crippen LogP contribution in [0.3, 0.4) is 0 Å². The van der Waals surface area contributed by atoms with Gasteiger partial charge in [-0.05, 0) is 19.1 Å². The maximum atomic E-state index is 11.3. The predicted octanol–water partition coefficient (Wildman–Crippen LogP) is 2.52. The van der Waals surface area contributed by atoms with Crippen molar-refractivity contribution < 1.29 is 14.6 Å². The van der Waals surface area contributed by atoms with Gasteiger partial charge in [0.25, 0.3) is 0 Å². The topological polar surface area (TPSA) is 58.6 Å². The van der Waals surface area contributed by atoms with Gasteiger partial charge < -0.3 is 15.2 Å². The molecular weight excluding hydrogens is 265 g/mol. The fraction of sp³-hybridized carbons (Fsp3) is 0.364. The monoisotopic (exact) mass is 275 g/mol. The predicted molar refractivity (Wildman–Crippen MR) is 64.3 cm³/mol. The maximum absolute atomic E-state index is 11.3. The summed E-state index contributed by atoms with van der Waals surface area (Å²) < 4.78 is 5.05. The molecular formula is C11H11Cl2NO3. The van der Waals surface area contributed by atoms with Gasteiger partial charge in [-0.1, -0.05) is 29.3 Å². The minimum atomic E-state index is -0.898. The van der Waals surface area contributed by atoms with E-state index in [2.05, 4.69) is 5.32 Å². The van der Waals surface area contributed by atoms with Crippen molar-refractivity contribution >= 4 is 29.3 Å². The number of aliphatic hydroxyl groups excluding tert-OH is 1. The third-order valence-electron chi connectivity index (χ3n) is 2.69. The average Bonchev–Trinajstić information content (AvgIpc) is 2.24. The van der Waals surface area contributed by atoms with Gasteiger partial charge >= 0.3 is 6.09 Å². The first kappa shape index (κ1) is 12.5. The third kappa shape index (κ3) is 2.34. The number of carbonyl (C=O) groups excluding carboxylic acids is 1. The van der Waals surface area contributed by atoms with Crippen LogP contribution in [0.2, 0.25) is 10.0 Å². The molecule has 92 valence electrons. The van der Waals surface area contributed by atoms with Gasteiger partial charge in [-0.15, -0.1) is 0 Å². The lowest BCUT2D eigenvalue weighted by Crippen LogP contribution is -2.51. The van der Waals surface area contributed by atoms with Crippen LogP contribution in [0.15, 0.2) is 18.2 Å². The molecule has 2 N–H and O–H groups in total. The molecule has 0 aliphatic carbocycles. The van der Waals surface area contributed by atoms with Crippen molar-refractivity contribution in [2.24, 2.45) is 0 Å². The van der Waals surface area contributed by atoms with Crippen molar-refractivity contribution in [3.05, 3.63) is 33.8 Å². The number of carbonyl (C=O) groups is 1. The number of nitrogens with one attached hydrogen (secondary N) is 1. The molecule has 1 heterocycles. The van der Waals surface area contributed by atoms with E-state index in [-0.39, 0.29) is 0 Å². The van der Waals surface area contributed by atoms with Gasteiger partial charge in [0.15, 0.2) is 6.10 Å². The third-order valence-corrected chi connectivity index (χ3v) is 3.35. The molecule has 1 aromatic carbocycles. The van der Waals surface area contributed by atoms with Gasteiger partial charge in [0, 0.05) is 15.6 Å². The smallest absolute Gasteiger partial charge is 0.408 e. The van der Waals surface area contributed by atoms with Crippen molar-refractivity contribution in [1.82, 2.24) is 5.32 Å². The van der Waals surface area contributed by atoms with E-state index in [1.807, 2.05) is 0 Å². The number of rotatable bonds is 1. The summed E-state index contributed by atoms with van der Waals surface area (Å²) in [6, 6.07) is 4.53. The minimum absolute atomic E-state index is 0.364.